The van der Waals surface area contributed by atoms with E-state index in [0.29, 0.717) is 13.0 Å². The highest BCUT2D eigenvalue weighted by molar-refractivity contribution is 5.97. The molecular weight excluding hydrogens is 237 g/mol. The van der Waals surface area contributed by atoms with Gasteiger partial charge in [0.15, 0.2) is 5.84 Å². The van der Waals surface area contributed by atoms with E-state index in [1.165, 1.54) is 23.1 Å². The minimum atomic E-state index is -0.580. The number of amidine groups is 1. The molecule has 1 aromatic carbocycles. The molecule has 0 aliphatic rings. The number of oxime groups is 1. The second-order valence-electron chi connectivity index (χ2n) is 3.80. The summed E-state index contributed by atoms with van der Waals surface area (Å²) in [5, 5.41) is 11.3. The van der Waals surface area contributed by atoms with Crippen molar-refractivity contribution in [3.8, 4) is 0 Å². The molecule has 5 nitrogen and oxygen atoms in total. The molecule has 6 heteroatoms. The van der Waals surface area contributed by atoms with Crippen molar-refractivity contribution in [2.75, 3.05) is 13.1 Å². The normalized spacial score (nSPS) is 11.3. The lowest BCUT2D eigenvalue weighted by Gasteiger charge is -2.21. The van der Waals surface area contributed by atoms with Gasteiger partial charge in [-0.05, 0) is 18.6 Å². The van der Waals surface area contributed by atoms with Gasteiger partial charge in [-0.3, -0.25) is 4.79 Å². The van der Waals surface area contributed by atoms with Crippen molar-refractivity contribution in [3.05, 3.63) is 35.6 Å². The van der Waals surface area contributed by atoms with Crippen molar-refractivity contribution in [1.29, 1.82) is 0 Å². The molecule has 0 aliphatic carbocycles. The number of amides is 1. The first-order valence-corrected chi connectivity index (χ1v) is 5.60. The third-order valence-electron chi connectivity index (χ3n) is 2.37. The molecule has 0 spiro atoms. The van der Waals surface area contributed by atoms with Crippen molar-refractivity contribution in [3.63, 3.8) is 0 Å². The van der Waals surface area contributed by atoms with Crippen molar-refractivity contribution in [2.24, 2.45) is 10.9 Å². The molecule has 1 rings (SSSR count). The third-order valence-corrected chi connectivity index (χ3v) is 2.37. The lowest BCUT2D eigenvalue weighted by atomic mass is 10.2. The number of carbonyl (C=O) groups excluding carboxylic acids is 1. The summed E-state index contributed by atoms with van der Waals surface area (Å²) in [7, 11) is 0. The van der Waals surface area contributed by atoms with Crippen molar-refractivity contribution >= 4 is 11.7 Å². The van der Waals surface area contributed by atoms with Crippen LogP contribution in [0.25, 0.3) is 0 Å². The first-order chi connectivity index (χ1) is 8.60. The number of halogens is 1. The first-order valence-electron chi connectivity index (χ1n) is 5.60. The van der Waals surface area contributed by atoms with Crippen molar-refractivity contribution in [1.82, 2.24) is 4.90 Å². The van der Waals surface area contributed by atoms with E-state index in [1.807, 2.05) is 6.92 Å². The molecule has 0 fully saturated rings. The van der Waals surface area contributed by atoms with Crippen molar-refractivity contribution in [2.45, 2.75) is 13.3 Å². The van der Waals surface area contributed by atoms with Crippen molar-refractivity contribution < 1.29 is 14.4 Å². The standard InChI is InChI=1S/C12H16FN3O2/c1-2-7-16(8-11(14)15-18)12(17)9-5-3-4-6-10(9)13/h3-6,18H,2,7-8H2,1H3,(H2,14,15). The molecule has 0 atom stereocenters. The van der Waals surface area contributed by atoms with Crippen LogP contribution in [0.5, 0.6) is 0 Å². The smallest absolute Gasteiger partial charge is 0.257 e. The van der Waals surface area contributed by atoms with Gasteiger partial charge >= 0.3 is 0 Å². The summed E-state index contributed by atoms with van der Waals surface area (Å²) >= 11 is 0. The fraction of sp³-hybridized carbons (Fsp3) is 0.333. The second-order valence-corrected chi connectivity index (χ2v) is 3.80. The Morgan fingerprint density at radius 3 is 2.72 bits per heavy atom. The van der Waals surface area contributed by atoms with Crippen LogP contribution in [0.3, 0.4) is 0 Å². The van der Waals surface area contributed by atoms with Gasteiger partial charge in [-0.15, -0.1) is 0 Å². The molecule has 3 N–H and O–H groups in total. The summed E-state index contributed by atoms with van der Waals surface area (Å²) in [6, 6.07) is 5.73. The highest BCUT2D eigenvalue weighted by Gasteiger charge is 2.19. The summed E-state index contributed by atoms with van der Waals surface area (Å²) < 4.78 is 13.5. The molecule has 0 unspecified atom stereocenters. The van der Waals surface area contributed by atoms with Crippen LogP contribution in [0, 0.1) is 5.82 Å². The highest BCUT2D eigenvalue weighted by atomic mass is 19.1. The molecule has 0 saturated heterocycles. The zero-order valence-corrected chi connectivity index (χ0v) is 10.1. The summed E-state index contributed by atoms with van der Waals surface area (Å²) in [6.45, 7) is 2.26. The minimum absolute atomic E-state index is 0.0170. The van der Waals surface area contributed by atoms with Crippen LogP contribution in [0.2, 0.25) is 0 Å². The average Bonchev–Trinajstić information content (AvgIpc) is 2.38. The van der Waals surface area contributed by atoms with Gasteiger partial charge in [0.25, 0.3) is 5.91 Å². The highest BCUT2D eigenvalue weighted by Crippen LogP contribution is 2.10. The summed E-state index contributed by atoms with van der Waals surface area (Å²) in [6.07, 6.45) is 0.693. The predicted molar refractivity (Wildman–Crippen MR) is 66.0 cm³/mol. The maximum Gasteiger partial charge on any atom is 0.257 e. The Labute approximate surface area is 105 Å². The molecule has 0 aliphatic heterocycles. The van der Waals surface area contributed by atoms with E-state index in [0.717, 1.165) is 0 Å². The van der Waals surface area contributed by atoms with E-state index in [2.05, 4.69) is 5.16 Å². The number of hydrogen-bond donors (Lipinski definition) is 2. The molecule has 1 aromatic rings. The summed E-state index contributed by atoms with van der Waals surface area (Å²) in [5.74, 6) is -1.14. The lowest BCUT2D eigenvalue weighted by Crippen LogP contribution is -2.39. The van der Waals surface area contributed by atoms with Gasteiger partial charge in [0.1, 0.15) is 5.82 Å². The number of benzene rings is 1. The quantitative estimate of drug-likeness (QED) is 0.360. The Morgan fingerprint density at radius 1 is 1.50 bits per heavy atom. The van der Waals surface area contributed by atoms with Crippen LogP contribution in [0.4, 0.5) is 4.39 Å². The van der Waals surface area contributed by atoms with E-state index in [4.69, 9.17) is 10.9 Å². The molecule has 1 amide bonds. The summed E-state index contributed by atoms with van der Waals surface area (Å²) in [5.41, 5.74) is 5.35. The molecule has 98 valence electrons. The zero-order chi connectivity index (χ0) is 13.5. The van der Waals surface area contributed by atoms with Crippen LogP contribution in [-0.4, -0.2) is 34.9 Å². The largest absolute Gasteiger partial charge is 0.409 e. The van der Waals surface area contributed by atoms with Gasteiger partial charge in [-0.1, -0.05) is 24.2 Å². The van der Waals surface area contributed by atoms with E-state index in [1.54, 1.807) is 6.07 Å². The zero-order valence-electron chi connectivity index (χ0n) is 10.1. The van der Waals surface area contributed by atoms with Gasteiger partial charge in [0.05, 0.1) is 12.1 Å². The Kier molecular flexibility index (Phi) is 5.10. The number of rotatable bonds is 5. The van der Waals surface area contributed by atoms with Gasteiger partial charge in [0.2, 0.25) is 0 Å². The van der Waals surface area contributed by atoms with Gasteiger partial charge in [-0.25, -0.2) is 4.39 Å². The van der Waals surface area contributed by atoms with Crippen LogP contribution in [-0.2, 0) is 0 Å². The molecule has 0 saturated carbocycles. The molecule has 18 heavy (non-hydrogen) atoms. The minimum Gasteiger partial charge on any atom is -0.409 e. The molecule has 0 heterocycles. The Balaban J connectivity index is 2.92. The monoisotopic (exact) mass is 253 g/mol. The predicted octanol–water partition coefficient (Wildman–Crippen LogP) is 1.42. The van der Waals surface area contributed by atoms with E-state index in [9.17, 15) is 9.18 Å². The van der Waals surface area contributed by atoms with Gasteiger partial charge in [0, 0.05) is 6.54 Å². The maximum absolute atomic E-state index is 13.5. The topological polar surface area (TPSA) is 78.9 Å². The Hall–Kier alpha value is -2.11. The van der Waals surface area contributed by atoms with Gasteiger partial charge in [-0.2, -0.15) is 0 Å². The van der Waals surface area contributed by atoms with E-state index in [-0.39, 0.29) is 17.9 Å². The first kappa shape index (κ1) is 14.0. The Bertz CT molecular complexity index is 449. The van der Waals surface area contributed by atoms with Crippen LogP contribution in [0.1, 0.15) is 23.7 Å². The third kappa shape index (κ3) is 3.44. The lowest BCUT2D eigenvalue weighted by molar-refractivity contribution is 0.0773. The molecule has 0 radical (unpaired) electrons. The second kappa shape index (κ2) is 6.58. The van der Waals surface area contributed by atoms with E-state index >= 15 is 0 Å². The number of nitrogens with zero attached hydrogens (tertiary/aromatic N) is 2. The maximum atomic E-state index is 13.5. The van der Waals surface area contributed by atoms with Crippen LogP contribution >= 0.6 is 0 Å². The molecule has 0 aromatic heterocycles. The molecular formula is C12H16FN3O2. The van der Waals surface area contributed by atoms with Gasteiger partial charge < -0.3 is 15.8 Å². The van der Waals surface area contributed by atoms with Crippen LogP contribution < -0.4 is 5.73 Å². The fourth-order valence-corrected chi connectivity index (χ4v) is 1.55. The number of hydrogen-bond acceptors (Lipinski definition) is 3. The summed E-state index contributed by atoms with van der Waals surface area (Å²) in [4.78, 5) is 13.4. The molecule has 0 bridgehead atoms. The number of carbonyl (C=O) groups is 1. The fourth-order valence-electron chi connectivity index (χ4n) is 1.55. The average molecular weight is 253 g/mol. The van der Waals surface area contributed by atoms with E-state index < -0.39 is 11.7 Å². The number of nitrogens with two attached hydrogens (primary N) is 1. The Morgan fingerprint density at radius 2 is 2.17 bits per heavy atom. The van der Waals surface area contributed by atoms with Crippen LogP contribution in [0.15, 0.2) is 29.4 Å². The SMILES string of the molecule is CCCN(CC(N)=NO)C(=O)c1ccccc1F.